The number of nitrogens with one attached hydrogen (secondary N) is 1. The molecule has 0 unspecified atom stereocenters. The number of aromatic nitrogens is 3. The summed E-state index contributed by atoms with van der Waals surface area (Å²) in [5.74, 6) is -0.601. The molecule has 0 spiro atoms. The number of piperazine rings is 1. The molecule has 4 aromatic rings. The second kappa shape index (κ2) is 11.4. The number of benzene rings is 1. The van der Waals surface area contributed by atoms with E-state index in [0.717, 1.165) is 81.4 Å². The Labute approximate surface area is 284 Å². The molecule has 1 saturated carbocycles. The number of nitrogen functional groups attached to an aromatic ring is 1. The van der Waals surface area contributed by atoms with Crippen LogP contribution in [0.1, 0.15) is 51.0 Å². The number of halogens is 3. The van der Waals surface area contributed by atoms with E-state index in [4.69, 9.17) is 25.2 Å². The SMILES string of the molecule is C[C@@H]1Oc2nc(-c3ccc(F)c4sc(N)c(C#N)c34)c(F)c3nc(OCC4(CN5CCC(=CF)CC5)CC4)nc(c23)N2C[C@H]3CC[C@H](N3)[C@@H]12. The number of likely N-dealkylation sites (tertiary alicyclic amines) is 1. The fourth-order valence-corrected chi connectivity index (χ4v) is 9.30. The smallest absolute Gasteiger partial charge is 0.319 e. The van der Waals surface area contributed by atoms with Gasteiger partial charge in [0.05, 0.1) is 29.2 Å². The molecule has 14 heteroatoms. The first kappa shape index (κ1) is 30.8. The van der Waals surface area contributed by atoms with Crippen molar-refractivity contribution in [3.63, 3.8) is 0 Å². The van der Waals surface area contributed by atoms with Crippen molar-refractivity contribution in [1.82, 2.24) is 25.2 Å². The molecule has 49 heavy (non-hydrogen) atoms. The van der Waals surface area contributed by atoms with Gasteiger partial charge in [0.1, 0.15) is 45.4 Å². The number of ether oxygens (including phenoxy) is 2. The van der Waals surface area contributed by atoms with Crippen LogP contribution in [-0.2, 0) is 0 Å². The van der Waals surface area contributed by atoms with Gasteiger partial charge in [0.25, 0.3) is 0 Å². The van der Waals surface area contributed by atoms with Gasteiger partial charge in [0, 0.05) is 54.6 Å². The van der Waals surface area contributed by atoms with Crippen LogP contribution in [0.15, 0.2) is 24.0 Å². The molecular weight excluding hydrogens is 653 g/mol. The topological polar surface area (TPSA) is 125 Å². The summed E-state index contributed by atoms with van der Waals surface area (Å²) in [5, 5.41) is 14.4. The molecule has 4 aliphatic heterocycles. The normalized spacial score (nSPS) is 25.5. The third-order valence-corrected chi connectivity index (χ3v) is 12.1. The van der Waals surface area contributed by atoms with Gasteiger partial charge in [-0.25, -0.2) is 18.2 Å². The van der Waals surface area contributed by atoms with Crippen molar-refractivity contribution >= 4 is 43.1 Å². The lowest BCUT2D eigenvalue weighted by atomic mass is 9.99. The van der Waals surface area contributed by atoms with Crippen molar-refractivity contribution < 1.29 is 22.6 Å². The van der Waals surface area contributed by atoms with Crippen LogP contribution in [0.2, 0.25) is 0 Å². The molecule has 3 N–H and O–H groups in total. The summed E-state index contributed by atoms with van der Waals surface area (Å²) in [6.45, 7) is 5.47. The van der Waals surface area contributed by atoms with Gasteiger partial charge in [0.2, 0.25) is 5.88 Å². The van der Waals surface area contributed by atoms with E-state index in [-0.39, 0.29) is 79.0 Å². The van der Waals surface area contributed by atoms with Gasteiger partial charge in [-0.15, -0.1) is 11.3 Å². The van der Waals surface area contributed by atoms with Gasteiger partial charge >= 0.3 is 6.01 Å². The molecule has 254 valence electrons. The minimum Gasteiger partial charge on any atom is -0.472 e. The number of rotatable bonds is 6. The predicted molar refractivity (Wildman–Crippen MR) is 180 cm³/mol. The highest BCUT2D eigenvalue weighted by Gasteiger charge is 2.48. The third kappa shape index (κ3) is 5.00. The van der Waals surface area contributed by atoms with Crippen molar-refractivity contribution in [3.8, 4) is 29.2 Å². The van der Waals surface area contributed by atoms with Crippen LogP contribution in [0.3, 0.4) is 0 Å². The number of fused-ring (bicyclic) bond motifs is 6. The summed E-state index contributed by atoms with van der Waals surface area (Å²) in [5.41, 5.74) is 7.07. The van der Waals surface area contributed by atoms with E-state index < -0.39 is 11.6 Å². The summed E-state index contributed by atoms with van der Waals surface area (Å²) in [6.07, 6.45) is 5.83. The Hall–Kier alpha value is -4.19. The number of nitriles is 1. The van der Waals surface area contributed by atoms with Crippen molar-refractivity contribution in [1.29, 1.82) is 5.26 Å². The summed E-state index contributed by atoms with van der Waals surface area (Å²) < 4.78 is 58.2. The van der Waals surface area contributed by atoms with E-state index in [1.165, 1.54) is 12.1 Å². The molecule has 9 rings (SSSR count). The Morgan fingerprint density at radius 2 is 2.00 bits per heavy atom. The van der Waals surface area contributed by atoms with Gasteiger partial charge < -0.3 is 30.3 Å². The highest BCUT2D eigenvalue weighted by molar-refractivity contribution is 7.23. The fraction of sp³-hybridized carbons (Fsp3) is 0.486. The molecular formula is C35H35F3N8O2S. The van der Waals surface area contributed by atoms with Gasteiger partial charge in [-0.2, -0.15) is 15.2 Å². The van der Waals surface area contributed by atoms with E-state index in [1.54, 1.807) is 0 Å². The van der Waals surface area contributed by atoms with Crippen LogP contribution in [0, 0.1) is 28.4 Å². The predicted octanol–water partition coefficient (Wildman–Crippen LogP) is 5.84. The first-order valence-corrected chi connectivity index (χ1v) is 17.7. The van der Waals surface area contributed by atoms with Crippen LogP contribution in [0.4, 0.5) is 24.0 Å². The van der Waals surface area contributed by atoms with Crippen molar-refractivity contribution in [2.75, 3.05) is 43.4 Å². The van der Waals surface area contributed by atoms with Crippen LogP contribution in [-0.4, -0.2) is 76.9 Å². The molecule has 1 aromatic carbocycles. The number of nitrogens with zero attached hydrogens (tertiary/aromatic N) is 6. The van der Waals surface area contributed by atoms with Gasteiger partial charge in [-0.1, -0.05) is 0 Å². The van der Waals surface area contributed by atoms with E-state index in [0.29, 0.717) is 24.4 Å². The fourth-order valence-electron chi connectivity index (χ4n) is 8.36. The standard InChI is InChI=1S/C35H35F3N8O2S/c1-17-29-23-5-2-19(41-23)14-46(29)32-25-28(43-34(44-32)47-16-35(8-9-35)15-45-10-6-18(12-36)7-11-45)26(38)27(42-33(25)48-17)20-3-4-22(37)30-24(20)21(13-39)31(40)49-30/h3-4,12,17,19,23,29,41H,2,5-11,14-16,40H2,1H3/t17-,19+,23-,29+/m0/s1. The van der Waals surface area contributed by atoms with E-state index >= 15 is 4.39 Å². The Balaban J connectivity index is 1.16. The molecule has 0 radical (unpaired) electrons. The number of nitrogens with two attached hydrogens (primary N) is 1. The molecule has 0 amide bonds. The lowest BCUT2D eigenvalue weighted by Gasteiger charge is -2.42. The number of anilines is 2. The number of hydrogen-bond donors (Lipinski definition) is 2. The van der Waals surface area contributed by atoms with E-state index in [9.17, 15) is 14.0 Å². The molecule has 4 atom stereocenters. The zero-order valence-corrected chi connectivity index (χ0v) is 27.8. The lowest BCUT2D eigenvalue weighted by molar-refractivity contribution is 0.147. The molecule has 1 aliphatic carbocycles. The number of hydrogen-bond acceptors (Lipinski definition) is 11. The highest BCUT2D eigenvalue weighted by Crippen LogP contribution is 2.49. The monoisotopic (exact) mass is 688 g/mol. The quantitative estimate of drug-likeness (QED) is 0.255. The van der Waals surface area contributed by atoms with Gasteiger partial charge in [0.15, 0.2) is 5.82 Å². The second-order valence-corrected chi connectivity index (χ2v) is 15.3. The molecule has 3 aromatic heterocycles. The average molecular weight is 689 g/mol. The van der Waals surface area contributed by atoms with Gasteiger partial charge in [-0.3, -0.25) is 0 Å². The molecule has 2 bridgehead atoms. The minimum absolute atomic E-state index is 0.00988. The summed E-state index contributed by atoms with van der Waals surface area (Å²) in [7, 11) is 0. The van der Waals surface area contributed by atoms with Crippen molar-refractivity contribution in [2.24, 2.45) is 5.41 Å². The Kier molecular flexibility index (Phi) is 7.19. The highest BCUT2D eigenvalue weighted by atomic mass is 32.1. The maximum Gasteiger partial charge on any atom is 0.319 e. The molecule has 7 heterocycles. The zero-order chi connectivity index (χ0) is 33.6. The minimum atomic E-state index is -0.743. The second-order valence-electron chi connectivity index (χ2n) is 14.2. The summed E-state index contributed by atoms with van der Waals surface area (Å²) >= 11 is 0.943. The van der Waals surface area contributed by atoms with Crippen LogP contribution >= 0.6 is 11.3 Å². The molecule has 10 nitrogen and oxygen atoms in total. The Morgan fingerprint density at radius 3 is 2.76 bits per heavy atom. The molecule has 4 fully saturated rings. The number of pyridine rings is 1. The van der Waals surface area contributed by atoms with Gasteiger partial charge in [-0.05, 0) is 63.2 Å². The number of piperidine rings is 1. The maximum absolute atomic E-state index is 17.1. The van der Waals surface area contributed by atoms with E-state index in [1.807, 2.05) is 6.92 Å². The largest absolute Gasteiger partial charge is 0.472 e. The van der Waals surface area contributed by atoms with Crippen LogP contribution < -0.4 is 25.4 Å². The third-order valence-electron chi connectivity index (χ3n) is 11.1. The van der Waals surface area contributed by atoms with Crippen LogP contribution in [0.5, 0.6) is 11.9 Å². The molecule has 3 saturated heterocycles. The lowest BCUT2D eigenvalue weighted by Crippen LogP contribution is -2.62. The Morgan fingerprint density at radius 1 is 1.18 bits per heavy atom. The van der Waals surface area contributed by atoms with Crippen molar-refractivity contribution in [2.45, 2.75) is 69.7 Å². The Bertz CT molecular complexity index is 2090. The molecule has 5 aliphatic rings. The summed E-state index contributed by atoms with van der Waals surface area (Å²) in [6, 6.07) is 5.10. The first-order valence-electron chi connectivity index (χ1n) is 16.9. The van der Waals surface area contributed by atoms with Crippen molar-refractivity contribution in [3.05, 3.63) is 41.2 Å². The first-order chi connectivity index (χ1) is 23.8. The maximum atomic E-state index is 17.1. The summed E-state index contributed by atoms with van der Waals surface area (Å²) in [4.78, 5) is 18.9. The zero-order valence-electron chi connectivity index (χ0n) is 26.9. The van der Waals surface area contributed by atoms with Crippen LogP contribution in [0.25, 0.3) is 32.2 Å². The van der Waals surface area contributed by atoms with E-state index in [2.05, 4.69) is 26.2 Å². The average Bonchev–Trinajstić information content (AvgIpc) is 3.67. The number of thiophene rings is 1.